The number of carbonyl (C=O) groups excluding carboxylic acids is 1. The van der Waals surface area contributed by atoms with Crippen LogP contribution in [0.2, 0.25) is 0 Å². The van der Waals surface area contributed by atoms with Crippen LogP contribution in [0, 0.1) is 0 Å². The number of aliphatic carboxylic acids is 1. The van der Waals surface area contributed by atoms with Gasteiger partial charge in [-0.3, -0.25) is 9.88 Å². The molecule has 108 valence electrons. The number of nitrogens with zero attached hydrogens (tertiary/aromatic N) is 2. The molecule has 1 aliphatic heterocycles. The molecule has 3 atom stereocenters. The predicted molar refractivity (Wildman–Crippen MR) is 76.4 cm³/mol. The highest BCUT2D eigenvalue weighted by atomic mass is 32.2. The van der Waals surface area contributed by atoms with Crippen LogP contribution in [0.5, 0.6) is 0 Å². The molecule has 0 saturated carbocycles. The number of nitrogens with one attached hydrogen (secondary N) is 1. The first-order valence-electron chi connectivity index (χ1n) is 6.35. The lowest BCUT2D eigenvalue weighted by atomic mass is 10.2. The highest BCUT2D eigenvalue weighted by Gasteiger charge is 2.39. The number of urea groups is 1. The molecule has 1 aromatic heterocycles. The van der Waals surface area contributed by atoms with E-state index in [0.29, 0.717) is 5.75 Å². The summed E-state index contributed by atoms with van der Waals surface area (Å²) >= 11 is 1.46. The van der Waals surface area contributed by atoms with Gasteiger partial charge in [-0.15, -0.1) is 11.8 Å². The minimum absolute atomic E-state index is 0.146. The second-order valence-corrected chi connectivity index (χ2v) is 5.97. The molecule has 2 rings (SSSR count). The molecule has 0 aliphatic carbocycles. The molecule has 3 unspecified atom stereocenters. The van der Waals surface area contributed by atoms with Gasteiger partial charge in [0, 0.05) is 11.9 Å². The number of hydrogen-bond acceptors (Lipinski definition) is 4. The van der Waals surface area contributed by atoms with Gasteiger partial charge in [0.1, 0.15) is 6.04 Å². The minimum Gasteiger partial charge on any atom is -0.480 e. The van der Waals surface area contributed by atoms with E-state index in [1.54, 1.807) is 12.3 Å². The van der Waals surface area contributed by atoms with Gasteiger partial charge in [0.25, 0.3) is 0 Å². The smallest absolute Gasteiger partial charge is 0.327 e. The van der Waals surface area contributed by atoms with Crippen molar-refractivity contribution in [3.05, 3.63) is 30.1 Å². The van der Waals surface area contributed by atoms with Crippen LogP contribution in [0.15, 0.2) is 24.4 Å². The lowest BCUT2D eigenvalue weighted by molar-refractivity contribution is -0.141. The number of carbonyl (C=O) groups is 2. The van der Waals surface area contributed by atoms with Gasteiger partial charge < -0.3 is 10.4 Å². The second kappa shape index (κ2) is 6.13. The van der Waals surface area contributed by atoms with E-state index >= 15 is 0 Å². The molecule has 2 heterocycles. The third-order valence-electron chi connectivity index (χ3n) is 3.21. The Morgan fingerprint density at radius 2 is 2.30 bits per heavy atom. The highest BCUT2D eigenvalue weighted by Crippen LogP contribution is 2.29. The number of amides is 2. The summed E-state index contributed by atoms with van der Waals surface area (Å²) in [6, 6.07) is 4.06. The number of pyridine rings is 1. The maximum absolute atomic E-state index is 12.3. The summed E-state index contributed by atoms with van der Waals surface area (Å²) in [5, 5.41) is 11.8. The maximum Gasteiger partial charge on any atom is 0.327 e. The Morgan fingerprint density at radius 1 is 1.55 bits per heavy atom. The van der Waals surface area contributed by atoms with Crippen molar-refractivity contribution in [3.63, 3.8) is 0 Å². The van der Waals surface area contributed by atoms with E-state index in [0.717, 1.165) is 5.69 Å². The minimum atomic E-state index is -0.970. The van der Waals surface area contributed by atoms with Crippen LogP contribution in [0.3, 0.4) is 0 Å². The van der Waals surface area contributed by atoms with E-state index in [9.17, 15) is 9.59 Å². The van der Waals surface area contributed by atoms with E-state index in [2.05, 4.69) is 10.3 Å². The van der Waals surface area contributed by atoms with Gasteiger partial charge >= 0.3 is 12.0 Å². The quantitative estimate of drug-likeness (QED) is 0.887. The van der Waals surface area contributed by atoms with Crippen molar-refractivity contribution >= 4 is 23.8 Å². The third-order valence-corrected chi connectivity index (χ3v) is 4.43. The first-order valence-corrected chi connectivity index (χ1v) is 7.39. The highest BCUT2D eigenvalue weighted by molar-refractivity contribution is 8.00. The van der Waals surface area contributed by atoms with Crippen molar-refractivity contribution in [3.8, 4) is 0 Å². The van der Waals surface area contributed by atoms with Crippen LogP contribution in [-0.2, 0) is 4.79 Å². The summed E-state index contributed by atoms with van der Waals surface area (Å²) in [5.74, 6) is -0.551. The number of aromatic nitrogens is 1. The lowest BCUT2D eigenvalue weighted by Gasteiger charge is -2.27. The first kappa shape index (κ1) is 14.6. The molecule has 2 amide bonds. The Balaban J connectivity index is 2.05. The van der Waals surface area contributed by atoms with Gasteiger partial charge in [0.05, 0.1) is 17.1 Å². The summed E-state index contributed by atoms with van der Waals surface area (Å²) in [5.41, 5.74) is 0.743. The van der Waals surface area contributed by atoms with Crippen LogP contribution in [-0.4, -0.2) is 44.2 Å². The summed E-state index contributed by atoms with van der Waals surface area (Å²) < 4.78 is 0. The standard InChI is InChI=1S/C13H17N3O3S/c1-8(10-5-3-4-6-14-10)15-13(19)16-9(2)20-7-11(16)12(17)18/h3-6,8-9,11H,7H2,1-2H3,(H,15,19)(H,17,18). The number of carboxylic acid groups (broad SMARTS) is 1. The van der Waals surface area contributed by atoms with Crippen molar-refractivity contribution < 1.29 is 14.7 Å². The van der Waals surface area contributed by atoms with Crippen LogP contribution in [0.4, 0.5) is 4.79 Å². The molecule has 0 radical (unpaired) electrons. The number of rotatable bonds is 3. The SMILES string of the molecule is CC(NC(=O)N1C(C)SCC1C(=O)O)c1ccccn1. The Morgan fingerprint density at radius 3 is 2.90 bits per heavy atom. The topological polar surface area (TPSA) is 82.5 Å². The van der Waals surface area contributed by atoms with Crippen molar-refractivity contribution in [1.82, 2.24) is 15.2 Å². The van der Waals surface area contributed by atoms with Gasteiger partial charge in [0.2, 0.25) is 0 Å². The molecule has 0 spiro atoms. The second-order valence-electron chi connectivity index (χ2n) is 4.62. The van der Waals surface area contributed by atoms with Crippen LogP contribution in [0.1, 0.15) is 25.6 Å². The monoisotopic (exact) mass is 295 g/mol. The normalized spacial score (nSPS) is 23.4. The molecule has 0 bridgehead atoms. The molecular formula is C13H17N3O3S. The maximum atomic E-state index is 12.3. The number of carboxylic acids is 1. The van der Waals surface area contributed by atoms with Crippen molar-refractivity contribution in [2.75, 3.05) is 5.75 Å². The third kappa shape index (κ3) is 3.04. The Hall–Kier alpha value is -1.76. The zero-order valence-electron chi connectivity index (χ0n) is 11.3. The lowest BCUT2D eigenvalue weighted by Crippen LogP contribution is -2.50. The summed E-state index contributed by atoms with van der Waals surface area (Å²) in [7, 11) is 0. The summed E-state index contributed by atoms with van der Waals surface area (Å²) in [6.45, 7) is 3.66. The van der Waals surface area contributed by atoms with E-state index in [1.165, 1.54) is 16.7 Å². The van der Waals surface area contributed by atoms with E-state index in [-0.39, 0.29) is 17.4 Å². The van der Waals surface area contributed by atoms with E-state index in [1.807, 2.05) is 26.0 Å². The Bertz CT molecular complexity index is 497. The van der Waals surface area contributed by atoms with Crippen molar-refractivity contribution in [2.24, 2.45) is 0 Å². The number of hydrogen-bond donors (Lipinski definition) is 2. The fourth-order valence-electron chi connectivity index (χ4n) is 2.11. The fourth-order valence-corrected chi connectivity index (χ4v) is 3.27. The van der Waals surface area contributed by atoms with Gasteiger partial charge in [-0.1, -0.05) is 6.07 Å². The average molecular weight is 295 g/mol. The molecule has 6 nitrogen and oxygen atoms in total. The zero-order valence-corrected chi connectivity index (χ0v) is 12.1. The Kier molecular flexibility index (Phi) is 4.49. The van der Waals surface area contributed by atoms with Crippen LogP contribution < -0.4 is 5.32 Å². The fraction of sp³-hybridized carbons (Fsp3) is 0.462. The first-order chi connectivity index (χ1) is 9.50. The molecular weight excluding hydrogens is 278 g/mol. The Labute approximate surface area is 121 Å². The summed E-state index contributed by atoms with van der Waals surface area (Å²) in [6.07, 6.45) is 1.66. The molecule has 2 N–H and O–H groups in total. The summed E-state index contributed by atoms with van der Waals surface area (Å²) in [4.78, 5) is 29.0. The van der Waals surface area contributed by atoms with Crippen LogP contribution in [0.25, 0.3) is 0 Å². The van der Waals surface area contributed by atoms with Gasteiger partial charge in [-0.2, -0.15) is 0 Å². The number of thioether (sulfide) groups is 1. The van der Waals surface area contributed by atoms with E-state index < -0.39 is 12.0 Å². The molecule has 1 fully saturated rings. The van der Waals surface area contributed by atoms with Crippen molar-refractivity contribution in [1.29, 1.82) is 0 Å². The molecule has 1 aliphatic rings. The molecule has 1 aromatic rings. The molecule has 0 aromatic carbocycles. The average Bonchev–Trinajstić information content (AvgIpc) is 2.81. The predicted octanol–water partition coefficient (Wildman–Crippen LogP) is 1.70. The van der Waals surface area contributed by atoms with Crippen molar-refractivity contribution in [2.45, 2.75) is 31.3 Å². The largest absolute Gasteiger partial charge is 0.480 e. The van der Waals surface area contributed by atoms with Gasteiger partial charge in [-0.05, 0) is 26.0 Å². The van der Waals surface area contributed by atoms with Crippen LogP contribution >= 0.6 is 11.8 Å². The van der Waals surface area contributed by atoms with E-state index in [4.69, 9.17) is 5.11 Å². The van der Waals surface area contributed by atoms with Gasteiger partial charge in [-0.25, -0.2) is 9.59 Å². The van der Waals surface area contributed by atoms with Gasteiger partial charge in [0.15, 0.2) is 0 Å². The molecule has 1 saturated heterocycles. The zero-order chi connectivity index (χ0) is 14.7. The molecule has 20 heavy (non-hydrogen) atoms. The molecule has 7 heteroatoms.